The summed E-state index contributed by atoms with van der Waals surface area (Å²) in [7, 11) is -3.26. The molecule has 0 bridgehead atoms. The first kappa shape index (κ1) is 22.6. The molecular formula is C16H17Cl2N3O5S2. The molecule has 2 aromatic heterocycles. The molecule has 0 atom stereocenters. The number of thiophene rings is 1. The first-order valence-corrected chi connectivity index (χ1v) is 11.3. The molecule has 2 heterocycles. The zero-order valence-corrected chi connectivity index (χ0v) is 18.1. The van der Waals surface area contributed by atoms with Crippen LogP contribution in [0.15, 0.2) is 18.3 Å². The molecule has 0 fully saturated rings. The van der Waals surface area contributed by atoms with Crippen LogP contribution in [0.1, 0.15) is 20.1 Å². The van der Waals surface area contributed by atoms with Gasteiger partial charge in [0, 0.05) is 17.6 Å². The standard InChI is InChI=1S/C16H17Cl2N3O5S2/c1-9-11(17)7-19-15(14(9)18)21-13(22)8-26-16(23)12-4-3-10(27-12)5-6-20-28(2,24)25/h3-4,7,20H,5-6,8H2,1-2H3,(H,19,21,22). The number of carbonyl (C=O) groups is 2. The van der Waals surface area contributed by atoms with Gasteiger partial charge < -0.3 is 10.1 Å². The number of hydrogen-bond acceptors (Lipinski definition) is 7. The van der Waals surface area contributed by atoms with Gasteiger partial charge in [0.25, 0.3) is 5.91 Å². The van der Waals surface area contributed by atoms with E-state index >= 15 is 0 Å². The van der Waals surface area contributed by atoms with Crippen molar-refractivity contribution in [2.75, 3.05) is 24.7 Å². The second-order valence-corrected chi connectivity index (χ2v) is 9.49. The van der Waals surface area contributed by atoms with Crippen LogP contribution in [0.5, 0.6) is 0 Å². The molecule has 12 heteroatoms. The maximum Gasteiger partial charge on any atom is 0.348 e. The van der Waals surface area contributed by atoms with Gasteiger partial charge in [-0.1, -0.05) is 23.2 Å². The number of aromatic nitrogens is 1. The summed E-state index contributed by atoms with van der Waals surface area (Å²) >= 11 is 13.1. The quantitative estimate of drug-likeness (QED) is 0.579. The minimum atomic E-state index is -3.26. The monoisotopic (exact) mass is 465 g/mol. The van der Waals surface area contributed by atoms with E-state index in [0.717, 1.165) is 22.5 Å². The highest BCUT2D eigenvalue weighted by molar-refractivity contribution is 7.88. The van der Waals surface area contributed by atoms with Crippen LogP contribution >= 0.6 is 34.5 Å². The topological polar surface area (TPSA) is 114 Å². The van der Waals surface area contributed by atoms with Gasteiger partial charge in [-0.15, -0.1) is 11.3 Å². The van der Waals surface area contributed by atoms with Gasteiger partial charge in [0.1, 0.15) is 4.88 Å². The maximum absolute atomic E-state index is 12.1. The van der Waals surface area contributed by atoms with E-state index in [0.29, 0.717) is 21.9 Å². The maximum atomic E-state index is 12.1. The van der Waals surface area contributed by atoms with E-state index in [1.807, 2.05) is 0 Å². The first-order chi connectivity index (χ1) is 13.1. The zero-order chi connectivity index (χ0) is 20.9. The fourth-order valence-corrected chi connectivity index (χ4v) is 3.76. The van der Waals surface area contributed by atoms with E-state index in [1.165, 1.54) is 6.20 Å². The summed E-state index contributed by atoms with van der Waals surface area (Å²) in [5.41, 5.74) is 0.571. The third-order valence-electron chi connectivity index (χ3n) is 3.39. The molecule has 152 valence electrons. The van der Waals surface area contributed by atoms with Gasteiger partial charge in [-0.25, -0.2) is 22.9 Å². The van der Waals surface area contributed by atoms with Gasteiger partial charge in [0.05, 0.1) is 16.3 Å². The smallest absolute Gasteiger partial charge is 0.348 e. The highest BCUT2D eigenvalue weighted by Gasteiger charge is 2.15. The number of ether oxygens (including phenoxy) is 1. The van der Waals surface area contributed by atoms with E-state index in [9.17, 15) is 18.0 Å². The first-order valence-electron chi connectivity index (χ1n) is 7.87. The Morgan fingerprint density at radius 1 is 1.29 bits per heavy atom. The van der Waals surface area contributed by atoms with E-state index in [2.05, 4.69) is 15.0 Å². The lowest BCUT2D eigenvalue weighted by molar-refractivity contribution is -0.119. The van der Waals surface area contributed by atoms with Crippen molar-refractivity contribution in [2.24, 2.45) is 0 Å². The number of anilines is 1. The molecule has 2 rings (SSSR count). The molecule has 8 nitrogen and oxygen atoms in total. The average Bonchev–Trinajstić information content (AvgIpc) is 3.08. The van der Waals surface area contributed by atoms with Crippen LogP contribution < -0.4 is 10.0 Å². The van der Waals surface area contributed by atoms with Crippen molar-refractivity contribution in [2.45, 2.75) is 13.3 Å². The van der Waals surface area contributed by atoms with Crippen LogP contribution in [0.25, 0.3) is 0 Å². The number of nitrogens with one attached hydrogen (secondary N) is 2. The number of esters is 1. The van der Waals surface area contributed by atoms with Gasteiger partial charge in [0.15, 0.2) is 12.4 Å². The van der Waals surface area contributed by atoms with Crippen LogP contribution in [-0.4, -0.2) is 44.7 Å². The second kappa shape index (κ2) is 9.66. The highest BCUT2D eigenvalue weighted by atomic mass is 35.5. The molecule has 0 aromatic carbocycles. The second-order valence-electron chi connectivity index (χ2n) is 5.70. The minimum absolute atomic E-state index is 0.126. The normalized spacial score (nSPS) is 11.3. The molecule has 2 N–H and O–H groups in total. The summed E-state index contributed by atoms with van der Waals surface area (Å²) in [6.45, 7) is 1.40. The van der Waals surface area contributed by atoms with Gasteiger partial charge >= 0.3 is 5.97 Å². The number of pyridine rings is 1. The molecule has 0 aliphatic carbocycles. The van der Waals surface area contributed by atoms with Gasteiger partial charge in [0.2, 0.25) is 10.0 Å². The average molecular weight is 466 g/mol. The fourth-order valence-electron chi connectivity index (χ4n) is 2.00. The predicted molar refractivity (Wildman–Crippen MR) is 109 cm³/mol. The third-order valence-corrected chi connectivity index (χ3v) is 6.09. The number of carbonyl (C=O) groups excluding carboxylic acids is 2. The van der Waals surface area contributed by atoms with Crippen molar-refractivity contribution in [1.82, 2.24) is 9.71 Å². The van der Waals surface area contributed by atoms with E-state index in [4.69, 9.17) is 27.9 Å². The Labute approximate surface area is 176 Å². The molecule has 0 unspecified atom stereocenters. The predicted octanol–water partition coefficient (Wildman–Crippen LogP) is 2.65. The molecule has 0 radical (unpaired) electrons. The number of sulfonamides is 1. The molecule has 0 aliphatic heterocycles. The Bertz CT molecular complexity index is 992. The summed E-state index contributed by atoms with van der Waals surface area (Å²) in [6, 6.07) is 3.26. The number of amides is 1. The third kappa shape index (κ3) is 6.71. The number of rotatable bonds is 8. The van der Waals surface area contributed by atoms with Crippen molar-refractivity contribution < 1.29 is 22.7 Å². The molecule has 0 aliphatic rings. The molecule has 2 aromatic rings. The largest absolute Gasteiger partial charge is 0.451 e. The summed E-state index contributed by atoms with van der Waals surface area (Å²) in [6.07, 6.45) is 2.87. The van der Waals surface area contributed by atoms with E-state index < -0.39 is 28.5 Å². The lowest BCUT2D eigenvalue weighted by Crippen LogP contribution is -2.24. The summed E-state index contributed by atoms with van der Waals surface area (Å²) in [5, 5.41) is 3.03. The Morgan fingerprint density at radius 3 is 2.68 bits per heavy atom. The van der Waals surface area contributed by atoms with Crippen LogP contribution in [0.4, 0.5) is 5.82 Å². The Morgan fingerprint density at radius 2 is 2.00 bits per heavy atom. The van der Waals surface area contributed by atoms with E-state index in [-0.39, 0.29) is 17.4 Å². The zero-order valence-electron chi connectivity index (χ0n) is 14.9. The van der Waals surface area contributed by atoms with E-state index in [1.54, 1.807) is 19.1 Å². The van der Waals surface area contributed by atoms with Crippen molar-refractivity contribution in [3.8, 4) is 0 Å². The van der Waals surface area contributed by atoms with Crippen LogP contribution in [-0.2, 0) is 26.0 Å². The molecule has 28 heavy (non-hydrogen) atoms. The number of nitrogens with zero attached hydrogens (tertiary/aromatic N) is 1. The highest BCUT2D eigenvalue weighted by Crippen LogP contribution is 2.28. The van der Waals surface area contributed by atoms with Gasteiger partial charge in [-0.2, -0.15) is 0 Å². The van der Waals surface area contributed by atoms with Crippen LogP contribution in [0.3, 0.4) is 0 Å². The van der Waals surface area contributed by atoms with Crippen LogP contribution in [0.2, 0.25) is 10.0 Å². The minimum Gasteiger partial charge on any atom is -0.451 e. The number of halogens is 2. The van der Waals surface area contributed by atoms with Crippen LogP contribution in [0, 0.1) is 6.92 Å². The Kier molecular flexibility index (Phi) is 7.79. The van der Waals surface area contributed by atoms with Crippen molar-refractivity contribution in [1.29, 1.82) is 0 Å². The summed E-state index contributed by atoms with van der Waals surface area (Å²) in [5.74, 6) is -1.13. The summed E-state index contributed by atoms with van der Waals surface area (Å²) in [4.78, 5) is 29.0. The number of hydrogen-bond donors (Lipinski definition) is 2. The fraction of sp³-hybridized carbons (Fsp3) is 0.312. The summed E-state index contributed by atoms with van der Waals surface area (Å²) < 4.78 is 29.4. The Hall–Kier alpha value is -1.72. The van der Waals surface area contributed by atoms with Crippen molar-refractivity contribution in [3.05, 3.63) is 43.7 Å². The molecule has 0 saturated carbocycles. The SMILES string of the molecule is Cc1c(Cl)cnc(NC(=O)COC(=O)c2ccc(CCNS(C)(=O)=O)s2)c1Cl. The lowest BCUT2D eigenvalue weighted by Gasteiger charge is -2.09. The Balaban J connectivity index is 1.85. The molecule has 0 saturated heterocycles. The lowest BCUT2D eigenvalue weighted by atomic mass is 10.3. The molecular weight excluding hydrogens is 449 g/mol. The van der Waals surface area contributed by atoms with Gasteiger partial charge in [-0.3, -0.25) is 4.79 Å². The molecule has 1 amide bonds. The molecule has 0 spiro atoms. The van der Waals surface area contributed by atoms with Crippen molar-refractivity contribution >= 4 is 62.3 Å². The van der Waals surface area contributed by atoms with Gasteiger partial charge in [-0.05, 0) is 31.0 Å². The van der Waals surface area contributed by atoms with Crippen molar-refractivity contribution in [3.63, 3.8) is 0 Å².